The van der Waals surface area contributed by atoms with Crippen LogP contribution in [0.4, 0.5) is 11.4 Å². The van der Waals surface area contributed by atoms with Crippen molar-refractivity contribution in [3.63, 3.8) is 0 Å². The number of aliphatic hydroxyl groups is 1. The first-order valence-electron chi connectivity index (χ1n) is 6.44. The number of amides is 1. The van der Waals surface area contributed by atoms with Crippen molar-refractivity contribution in [1.29, 1.82) is 5.26 Å². The Balaban J connectivity index is 2.36. The van der Waals surface area contributed by atoms with Crippen LogP contribution in [0.25, 0.3) is 0 Å². The Labute approximate surface area is 122 Å². The van der Waals surface area contributed by atoms with Gasteiger partial charge in [-0.1, -0.05) is 11.6 Å². The van der Waals surface area contributed by atoms with Gasteiger partial charge in [-0.3, -0.25) is 4.79 Å². The van der Waals surface area contributed by atoms with Gasteiger partial charge in [0.25, 0.3) is 5.91 Å². The molecule has 0 saturated carbocycles. The van der Waals surface area contributed by atoms with E-state index in [1.807, 2.05) is 18.7 Å². The summed E-state index contributed by atoms with van der Waals surface area (Å²) >= 11 is 6.25. The molecule has 2 rings (SSSR count). The Bertz CT molecular complexity index is 583. The Hall–Kier alpha value is -1.77. The van der Waals surface area contributed by atoms with Gasteiger partial charge in [-0.05, 0) is 26.0 Å². The van der Waals surface area contributed by atoms with E-state index < -0.39 is 12.0 Å². The van der Waals surface area contributed by atoms with Crippen molar-refractivity contribution in [3.05, 3.63) is 22.7 Å². The van der Waals surface area contributed by atoms with Crippen LogP contribution in [0.2, 0.25) is 5.02 Å². The fraction of sp³-hybridized carbons (Fsp3) is 0.429. The summed E-state index contributed by atoms with van der Waals surface area (Å²) in [4.78, 5) is 13.4. The second-order valence-corrected chi connectivity index (χ2v) is 5.26. The van der Waals surface area contributed by atoms with Crippen molar-refractivity contribution in [2.24, 2.45) is 5.92 Å². The van der Waals surface area contributed by atoms with Gasteiger partial charge in [-0.2, -0.15) is 5.26 Å². The third-order valence-electron chi connectivity index (χ3n) is 3.36. The molecule has 106 valence electrons. The van der Waals surface area contributed by atoms with Crippen LogP contribution >= 0.6 is 11.6 Å². The molecule has 1 aromatic rings. The number of halogens is 1. The molecule has 2 unspecified atom stereocenters. The summed E-state index contributed by atoms with van der Waals surface area (Å²) in [5.41, 5.74) is 1.82. The lowest BCUT2D eigenvalue weighted by atomic mass is 10.1. The maximum absolute atomic E-state index is 11.5. The molecule has 5 nitrogen and oxygen atoms in total. The summed E-state index contributed by atoms with van der Waals surface area (Å²) in [7, 11) is 0. The fourth-order valence-corrected chi connectivity index (χ4v) is 2.56. The van der Waals surface area contributed by atoms with Crippen molar-refractivity contribution >= 4 is 28.9 Å². The predicted molar refractivity (Wildman–Crippen MR) is 77.7 cm³/mol. The van der Waals surface area contributed by atoms with Gasteiger partial charge >= 0.3 is 0 Å². The lowest BCUT2D eigenvalue weighted by Gasteiger charge is -2.26. The first-order chi connectivity index (χ1) is 9.47. The lowest BCUT2D eigenvalue weighted by Crippen LogP contribution is -2.28. The molecule has 0 bridgehead atoms. The van der Waals surface area contributed by atoms with Crippen LogP contribution in [0.15, 0.2) is 12.1 Å². The number of nitrogens with one attached hydrogen (secondary N) is 1. The highest BCUT2D eigenvalue weighted by Crippen LogP contribution is 2.38. The standard InChI is InChI=1S/C14H16ClN3O2/c1-3-18(7-8(2)6-16)12-5-11-9(4-10(12)15)13(19)14(20)17-11/h4-5,8,13,19H,3,7H2,1-2H3,(H,17,20). The zero-order chi connectivity index (χ0) is 14.9. The monoisotopic (exact) mass is 293 g/mol. The second kappa shape index (κ2) is 5.70. The van der Waals surface area contributed by atoms with Crippen molar-refractivity contribution in [2.75, 3.05) is 23.3 Å². The SMILES string of the molecule is CCN(CC(C)C#N)c1cc2c(cc1Cl)C(O)C(=O)N2. The Morgan fingerprint density at radius 3 is 2.90 bits per heavy atom. The van der Waals surface area contributed by atoms with Gasteiger partial charge in [0.05, 0.1) is 22.7 Å². The highest BCUT2D eigenvalue weighted by Gasteiger charge is 2.30. The molecule has 6 heteroatoms. The van der Waals surface area contributed by atoms with Crippen LogP contribution in [0.5, 0.6) is 0 Å². The van der Waals surface area contributed by atoms with Gasteiger partial charge in [-0.25, -0.2) is 0 Å². The number of nitriles is 1. The molecule has 1 aliphatic heterocycles. The molecular weight excluding hydrogens is 278 g/mol. The molecular formula is C14H16ClN3O2. The van der Waals surface area contributed by atoms with E-state index in [0.29, 0.717) is 29.4 Å². The van der Waals surface area contributed by atoms with E-state index in [1.165, 1.54) is 0 Å². The van der Waals surface area contributed by atoms with Gasteiger partial charge in [0, 0.05) is 24.3 Å². The van der Waals surface area contributed by atoms with E-state index in [0.717, 1.165) is 5.69 Å². The van der Waals surface area contributed by atoms with E-state index in [9.17, 15) is 9.90 Å². The summed E-state index contributed by atoms with van der Waals surface area (Å²) in [5, 5.41) is 21.7. The summed E-state index contributed by atoms with van der Waals surface area (Å²) < 4.78 is 0. The minimum absolute atomic E-state index is 0.126. The number of anilines is 2. The quantitative estimate of drug-likeness (QED) is 0.893. The number of carbonyl (C=O) groups excluding carboxylic acids is 1. The highest BCUT2D eigenvalue weighted by atomic mass is 35.5. The number of carbonyl (C=O) groups is 1. The van der Waals surface area contributed by atoms with E-state index >= 15 is 0 Å². The van der Waals surface area contributed by atoms with E-state index in [4.69, 9.17) is 16.9 Å². The molecule has 0 aromatic heterocycles. The number of nitrogens with zero attached hydrogens (tertiary/aromatic N) is 2. The molecule has 0 saturated heterocycles. The third-order valence-corrected chi connectivity index (χ3v) is 3.66. The molecule has 0 aliphatic carbocycles. The third kappa shape index (κ3) is 2.58. The molecule has 0 fully saturated rings. The predicted octanol–water partition coefficient (Wildman–Crippen LogP) is 2.31. The van der Waals surface area contributed by atoms with Crippen LogP contribution in [0.1, 0.15) is 25.5 Å². The minimum atomic E-state index is -1.16. The maximum Gasteiger partial charge on any atom is 0.257 e. The molecule has 1 heterocycles. The van der Waals surface area contributed by atoms with Gasteiger partial charge in [0.1, 0.15) is 0 Å². The summed E-state index contributed by atoms with van der Waals surface area (Å²) in [6.07, 6.45) is -1.16. The van der Waals surface area contributed by atoms with Crippen molar-refractivity contribution in [2.45, 2.75) is 20.0 Å². The summed E-state index contributed by atoms with van der Waals surface area (Å²) in [6, 6.07) is 5.55. The molecule has 1 aromatic carbocycles. The Morgan fingerprint density at radius 1 is 1.60 bits per heavy atom. The molecule has 2 N–H and O–H groups in total. The fourth-order valence-electron chi connectivity index (χ4n) is 2.27. The summed E-state index contributed by atoms with van der Waals surface area (Å²) in [6.45, 7) is 5.07. The number of benzene rings is 1. The van der Waals surface area contributed by atoms with Crippen LogP contribution in [-0.2, 0) is 4.79 Å². The number of hydrogen-bond acceptors (Lipinski definition) is 4. The van der Waals surface area contributed by atoms with E-state index in [2.05, 4.69) is 11.4 Å². The van der Waals surface area contributed by atoms with Crippen molar-refractivity contribution in [3.8, 4) is 6.07 Å². The van der Waals surface area contributed by atoms with Gasteiger partial charge < -0.3 is 15.3 Å². The zero-order valence-electron chi connectivity index (χ0n) is 11.4. The van der Waals surface area contributed by atoms with Crippen molar-refractivity contribution < 1.29 is 9.90 Å². The maximum atomic E-state index is 11.5. The first kappa shape index (κ1) is 14.6. The largest absolute Gasteiger partial charge is 0.378 e. The normalized spacial score (nSPS) is 18.1. The van der Waals surface area contributed by atoms with Gasteiger partial charge in [0.2, 0.25) is 0 Å². The Kier molecular flexibility index (Phi) is 4.17. The molecule has 0 radical (unpaired) electrons. The second-order valence-electron chi connectivity index (χ2n) is 4.85. The average molecular weight is 294 g/mol. The topological polar surface area (TPSA) is 76.4 Å². The highest BCUT2D eigenvalue weighted by molar-refractivity contribution is 6.33. The van der Waals surface area contributed by atoms with Crippen LogP contribution < -0.4 is 10.2 Å². The van der Waals surface area contributed by atoms with E-state index in [1.54, 1.807) is 12.1 Å². The number of aliphatic hydroxyl groups excluding tert-OH is 1. The molecule has 1 aliphatic rings. The van der Waals surface area contributed by atoms with Crippen LogP contribution in [0, 0.1) is 17.2 Å². The van der Waals surface area contributed by atoms with Gasteiger partial charge in [0.15, 0.2) is 6.10 Å². The number of hydrogen-bond donors (Lipinski definition) is 2. The van der Waals surface area contributed by atoms with Crippen LogP contribution in [0.3, 0.4) is 0 Å². The summed E-state index contributed by atoms with van der Waals surface area (Å²) in [5.74, 6) is -0.568. The average Bonchev–Trinajstić information content (AvgIpc) is 2.70. The van der Waals surface area contributed by atoms with Crippen molar-refractivity contribution in [1.82, 2.24) is 0 Å². The molecule has 2 atom stereocenters. The smallest absolute Gasteiger partial charge is 0.257 e. The number of fused-ring (bicyclic) bond motifs is 1. The zero-order valence-corrected chi connectivity index (χ0v) is 12.1. The van der Waals surface area contributed by atoms with E-state index in [-0.39, 0.29) is 5.92 Å². The minimum Gasteiger partial charge on any atom is -0.378 e. The molecule has 1 amide bonds. The molecule has 0 spiro atoms. The first-order valence-corrected chi connectivity index (χ1v) is 6.82. The molecule has 20 heavy (non-hydrogen) atoms. The Morgan fingerprint density at radius 2 is 2.30 bits per heavy atom. The lowest BCUT2D eigenvalue weighted by molar-refractivity contribution is -0.123. The number of rotatable bonds is 4. The van der Waals surface area contributed by atoms with Crippen LogP contribution in [-0.4, -0.2) is 24.1 Å². The van der Waals surface area contributed by atoms with Gasteiger partial charge in [-0.15, -0.1) is 0 Å².